The van der Waals surface area contributed by atoms with E-state index in [9.17, 15) is 4.79 Å². The Morgan fingerprint density at radius 3 is 2.48 bits per heavy atom. The van der Waals surface area contributed by atoms with E-state index in [1.54, 1.807) is 32.1 Å². The van der Waals surface area contributed by atoms with Crippen molar-refractivity contribution in [1.82, 2.24) is 0 Å². The van der Waals surface area contributed by atoms with Crippen LogP contribution in [0.4, 0.5) is 0 Å². The normalized spacial score (nSPS) is 11.3. The first-order valence-corrected chi connectivity index (χ1v) is 7.34. The van der Waals surface area contributed by atoms with Crippen LogP contribution in [-0.4, -0.2) is 32.1 Å². The van der Waals surface area contributed by atoms with Gasteiger partial charge in [0, 0.05) is 12.7 Å². The van der Waals surface area contributed by atoms with Gasteiger partial charge in [-0.3, -0.25) is 0 Å². The average Bonchev–Trinajstić information content (AvgIpc) is 2.53. The molecule has 0 aliphatic rings. The molecule has 0 amide bonds. The molecule has 5 heteroatoms. The largest absolute Gasteiger partial charge is 0.497 e. The molecule has 0 aromatic heterocycles. The van der Waals surface area contributed by atoms with E-state index >= 15 is 0 Å². The maximum absolute atomic E-state index is 11.8. The Hall–Kier alpha value is -2.27. The molecule has 1 aromatic carbocycles. The van der Waals surface area contributed by atoms with Crippen LogP contribution in [0.1, 0.15) is 26.3 Å². The molecule has 0 bridgehead atoms. The Balaban J connectivity index is 2.56. The van der Waals surface area contributed by atoms with Gasteiger partial charge in [-0.05, 0) is 44.5 Å². The lowest BCUT2D eigenvalue weighted by Crippen LogP contribution is -2.30. The van der Waals surface area contributed by atoms with E-state index in [1.165, 1.54) is 13.2 Å². The molecule has 0 unspecified atom stereocenters. The van der Waals surface area contributed by atoms with Crippen molar-refractivity contribution >= 4 is 12.0 Å². The molecule has 1 aromatic rings. The van der Waals surface area contributed by atoms with Crippen LogP contribution in [0.3, 0.4) is 0 Å². The van der Waals surface area contributed by atoms with Gasteiger partial charge < -0.3 is 18.9 Å². The summed E-state index contributed by atoms with van der Waals surface area (Å²) in [6, 6.07) is 7.29. The minimum Gasteiger partial charge on any atom is -0.497 e. The van der Waals surface area contributed by atoms with Gasteiger partial charge in [0.25, 0.3) is 0 Å². The van der Waals surface area contributed by atoms with Crippen LogP contribution < -0.4 is 4.74 Å². The van der Waals surface area contributed by atoms with Crippen molar-refractivity contribution in [2.45, 2.75) is 26.4 Å². The highest BCUT2D eigenvalue weighted by atomic mass is 16.7. The second-order valence-electron chi connectivity index (χ2n) is 5.22. The predicted molar refractivity (Wildman–Crippen MR) is 88.9 cm³/mol. The third-order valence-electron chi connectivity index (χ3n) is 3.08. The zero-order valence-corrected chi connectivity index (χ0v) is 14.1. The summed E-state index contributed by atoms with van der Waals surface area (Å²) < 4.78 is 20.8. The lowest BCUT2D eigenvalue weighted by atomic mass is 10.1. The fourth-order valence-corrected chi connectivity index (χ4v) is 1.62. The molecule has 5 nitrogen and oxygen atoms in total. The van der Waals surface area contributed by atoms with E-state index in [1.807, 2.05) is 19.1 Å². The highest BCUT2D eigenvalue weighted by Gasteiger charge is 2.26. The van der Waals surface area contributed by atoms with Gasteiger partial charge in [0.15, 0.2) is 12.4 Å². The molecule has 0 spiro atoms. The summed E-state index contributed by atoms with van der Waals surface area (Å²) >= 11 is 0. The van der Waals surface area contributed by atoms with Gasteiger partial charge >= 0.3 is 5.97 Å². The number of benzene rings is 1. The number of esters is 1. The molecular weight excluding hydrogens is 296 g/mol. The molecular formula is C18H24O5. The third-order valence-corrected chi connectivity index (χ3v) is 3.08. The second-order valence-corrected chi connectivity index (χ2v) is 5.22. The number of carbonyl (C=O) groups is 1. The number of methoxy groups -OCH3 is 1. The van der Waals surface area contributed by atoms with Crippen molar-refractivity contribution in [2.24, 2.45) is 0 Å². The van der Waals surface area contributed by atoms with Crippen molar-refractivity contribution in [3.8, 4) is 5.75 Å². The Labute approximate surface area is 137 Å². The van der Waals surface area contributed by atoms with Crippen molar-refractivity contribution in [2.75, 3.05) is 20.5 Å². The number of carbonyl (C=O) groups excluding carboxylic acids is 1. The Morgan fingerprint density at radius 1 is 1.26 bits per heavy atom. The fourth-order valence-electron chi connectivity index (χ4n) is 1.62. The molecule has 0 heterocycles. The monoisotopic (exact) mass is 320 g/mol. The zero-order valence-electron chi connectivity index (χ0n) is 14.1. The molecule has 23 heavy (non-hydrogen) atoms. The van der Waals surface area contributed by atoms with Gasteiger partial charge in [0.05, 0.1) is 7.11 Å². The molecule has 0 fully saturated rings. The van der Waals surface area contributed by atoms with E-state index in [-0.39, 0.29) is 6.79 Å². The van der Waals surface area contributed by atoms with E-state index in [4.69, 9.17) is 18.9 Å². The highest BCUT2D eigenvalue weighted by molar-refractivity contribution is 5.87. The number of hydrogen-bond acceptors (Lipinski definition) is 5. The first kappa shape index (κ1) is 18.8. The van der Waals surface area contributed by atoms with Crippen molar-refractivity contribution < 1.29 is 23.7 Å². The van der Waals surface area contributed by atoms with Gasteiger partial charge in [-0.25, -0.2) is 4.79 Å². The van der Waals surface area contributed by atoms with Gasteiger partial charge in [0.1, 0.15) is 11.5 Å². The molecule has 0 atom stereocenters. The first-order valence-electron chi connectivity index (χ1n) is 7.34. The summed E-state index contributed by atoms with van der Waals surface area (Å²) in [5, 5.41) is 0. The summed E-state index contributed by atoms with van der Waals surface area (Å²) in [5.41, 5.74) is -0.0262. The lowest BCUT2D eigenvalue weighted by molar-refractivity contribution is -0.149. The van der Waals surface area contributed by atoms with Gasteiger partial charge in [-0.1, -0.05) is 18.7 Å². The summed E-state index contributed by atoms with van der Waals surface area (Å²) in [6.07, 6.45) is 3.03. The highest BCUT2D eigenvalue weighted by Crippen LogP contribution is 2.20. The Bertz CT molecular complexity index is 543. The minimum atomic E-state index is -0.882. The van der Waals surface area contributed by atoms with Crippen LogP contribution in [0, 0.1) is 0 Å². The molecule has 0 saturated carbocycles. The quantitative estimate of drug-likeness (QED) is 0.229. The van der Waals surface area contributed by atoms with Crippen LogP contribution in [0.25, 0.3) is 6.08 Å². The van der Waals surface area contributed by atoms with E-state index in [0.29, 0.717) is 18.1 Å². The topological polar surface area (TPSA) is 54.0 Å². The van der Waals surface area contributed by atoms with E-state index in [0.717, 1.165) is 5.56 Å². The van der Waals surface area contributed by atoms with Crippen molar-refractivity contribution in [3.63, 3.8) is 0 Å². The molecule has 0 aliphatic heterocycles. The molecule has 0 radical (unpaired) electrons. The van der Waals surface area contributed by atoms with Gasteiger partial charge in [-0.15, -0.1) is 0 Å². The summed E-state index contributed by atoms with van der Waals surface area (Å²) in [5.74, 6) is 0.621. The van der Waals surface area contributed by atoms with E-state index in [2.05, 4.69) is 6.58 Å². The standard InChI is InChI=1S/C18H24O5/c1-6-21-13-22-16-10-7-15(8-11-16)9-12-17(19)23-18(3,4)14(2)20-5/h7-12H,2,6,13H2,1,3-5H3/b12-9+. The Morgan fingerprint density at radius 2 is 1.91 bits per heavy atom. The van der Waals surface area contributed by atoms with Crippen LogP contribution in [-0.2, 0) is 19.0 Å². The molecule has 0 aliphatic carbocycles. The second kappa shape index (κ2) is 9.00. The number of ether oxygens (including phenoxy) is 4. The summed E-state index contributed by atoms with van der Waals surface area (Å²) in [4.78, 5) is 11.8. The number of hydrogen-bond donors (Lipinski definition) is 0. The third kappa shape index (κ3) is 6.57. The summed E-state index contributed by atoms with van der Waals surface area (Å²) in [7, 11) is 1.49. The fraction of sp³-hybridized carbons (Fsp3) is 0.389. The smallest absolute Gasteiger partial charge is 0.331 e. The van der Waals surface area contributed by atoms with Crippen molar-refractivity contribution in [3.05, 3.63) is 48.2 Å². The number of rotatable bonds is 9. The van der Waals surface area contributed by atoms with Crippen LogP contribution in [0.5, 0.6) is 5.75 Å². The van der Waals surface area contributed by atoms with Crippen LogP contribution in [0.2, 0.25) is 0 Å². The average molecular weight is 320 g/mol. The van der Waals surface area contributed by atoms with E-state index < -0.39 is 11.6 Å². The Kier molecular flexibility index (Phi) is 7.35. The molecule has 0 N–H and O–H groups in total. The van der Waals surface area contributed by atoms with Gasteiger partial charge in [-0.2, -0.15) is 0 Å². The molecule has 1 rings (SSSR count). The zero-order chi connectivity index (χ0) is 17.3. The summed E-state index contributed by atoms with van der Waals surface area (Å²) in [6.45, 7) is 9.87. The SMILES string of the molecule is C=C(OC)C(C)(C)OC(=O)/C=C/c1ccc(OCOCC)cc1. The molecule has 126 valence electrons. The first-order chi connectivity index (χ1) is 10.9. The lowest BCUT2D eigenvalue weighted by Gasteiger charge is -2.25. The minimum absolute atomic E-state index is 0.219. The van der Waals surface area contributed by atoms with Crippen LogP contribution in [0.15, 0.2) is 42.7 Å². The predicted octanol–water partition coefficient (Wildman–Crippen LogP) is 3.55. The van der Waals surface area contributed by atoms with Crippen LogP contribution >= 0.6 is 0 Å². The molecule has 0 saturated heterocycles. The maximum atomic E-state index is 11.8. The van der Waals surface area contributed by atoms with Crippen molar-refractivity contribution in [1.29, 1.82) is 0 Å². The van der Waals surface area contributed by atoms with Gasteiger partial charge in [0.2, 0.25) is 0 Å². The maximum Gasteiger partial charge on any atom is 0.331 e.